The Labute approximate surface area is 132 Å². The maximum Gasteiger partial charge on any atom is 0.136 e. The van der Waals surface area contributed by atoms with Gasteiger partial charge in [0.1, 0.15) is 17.1 Å². The Bertz CT molecular complexity index is 544. The lowest BCUT2D eigenvalue weighted by Crippen LogP contribution is -2.68. The van der Waals surface area contributed by atoms with E-state index in [1.807, 2.05) is 26.0 Å². The topological polar surface area (TPSA) is 54.6 Å². The third kappa shape index (κ3) is 2.08. The summed E-state index contributed by atoms with van der Waals surface area (Å²) < 4.78 is 11.6. The first-order valence-corrected chi connectivity index (χ1v) is 8.67. The van der Waals surface area contributed by atoms with Crippen molar-refractivity contribution < 1.29 is 14.3 Å². The van der Waals surface area contributed by atoms with Gasteiger partial charge in [0.2, 0.25) is 0 Å². The highest BCUT2D eigenvalue weighted by atomic mass is 16.5. The van der Waals surface area contributed by atoms with Crippen LogP contribution in [0.3, 0.4) is 0 Å². The Morgan fingerprint density at radius 3 is 2.82 bits per heavy atom. The van der Waals surface area contributed by atoms with Gasteiger partial charge in [0.05, 0.1) is 6.10 Å². The van der Waals surface area contributed by atoms with E-state index < -0.39 is 5.60 Å². The highest BCUT2D eigenvalue weighted by molar-refractivity contribution is 5.18. The Hall–Kier alpha value is -0.840. The third-order valence-corrected chi connectivity index (χ3v) is 6.22. The zero-order valence-electron chi connectivity index (χ0n) is 13.6. The lowest BCUT2D eigenvalue weighted by molar-refractivity contribution is -0.135. The largest absolute Gasteiger partial charge is 0.463 e. The van der Waals surface area contributed by atoms with Crippen molar-refractivity contribution in [2.45, 2.75) is 63.7 Å². The van der Waals surface area contributed by atoms with Gasteiger partial charge in [-0.25, -0.2) is 0 Å². The fourth-order valence-corrected chi connectivity index (χ4v) is 5.13. The van der Waals surface area contributed by atoms with Gasteiger partial charge in [-0.3, -0.25) is 0 Å². The summed E-state index contributed by atoms with van der Waals surface area (Å²) in [5.74, 6) is 2.12. The van der Waals surface area contributed by atoms with E-state index in [9.17, 15) is 5.11 Å². The van der Waals surface area contributed by atoms with Crippen LogP contribution in [-0.4, -0.2) is 30.4 Å². The number of rotatable bonds is 4. The number of fused-ring (bicyclic) bond motifs is 2. The van der Waals surface area contributed by atoms with Gasteiger partial charge in [-0.05, 0) is 45.2 Å². The Morgan fingerprint density at radius 1 is 1.36 bits per heavy atom. The van der Waals surface area contributed by atoms with E-state index >= 15 is 0 Å². The van der Waals surface area contributed by atoms with E-state index in [1.165, 1.54) is 25.7 Å². The van der Waals surface area contributed by atoms with Crippen molar-refractivity contribution in [1.82, 2.24) is 5.32 Å². The second-order valence-corrected chi connectivity index (χ2v) is 7.73. The fraction of sp³-hybridized carbons (Fsp3) is 0.778. The van der Waals surface area contributed by atoms with Crippen molar-refractivity contribution >= 4 is 0 Å². The van der Waals surface area contributed by atoms with Gasteiger partial charge in [0.15, 0.2) is 0 Å². The molecule has 0 amide bonds. The minimum Gasteiger partial charge on any atom is -0.463 e. The second-order valence-electron chi connectivity index (χ2n) is 7.73. The SMILES string of the molecule is Cc1ccc(C(C)(O)CNC2C3CCOC3C23CCCC3)o1. The quantitative estimate of drug-likeness (QED) is 0.898. The molecule has 1 saturated heterocycles. The molecule has 122 valence electrons. The summed E-state index contributed by atoms with van der Waals surface area (Å²) in [7, 11) is 0. The molecule has 4 heteroatoms. The molecule has 4 rings (SSSR count). The molecule has 1 aromatic heterocycles. The highest BCUT2D eigenvalue weighted by Gasteiger charge is 2.64. The van der Waals surface area contributed by atoms with E-state index in [0.717, 1.165) is 18.8 Å². The van der Waals surface area contributed by atoms with Crippen molar-refractivity contribution in [2.75, 3.05) is 13.2 Å². The number of furan rings is 1. The summed E-state index contributed by atoms with van der Waals surface area (Å²) in [4.78, 5) is 0. The highest BCUT2D eigenvalue weighted by Crippen LogP contribution is 2.60. The molecule has 0 bridgehead atoms. The molecule has 2 heterocycles. The van der Waals surface area contributed by atoms with Crippen LogP contribution >= 0.6 is 0 Å². The molecule has 2 N–H and O–H groups in total. The van der Waals surface area contributed by atoms with Crippen molar-refractivity contribution in [2.24, 2.45) is 11.3 Å². The summed E-state index contributed by atoms with van der Waals surface area (Å²) in [5.41, 5.74) is -0.630. The summed E-state index contributed by atoms with van der Waals surface area (Å²) in [6.07, 6.45) is 6.80. The molecule has 1 spiro atoms. The van der Waals surface area contributed by atoms with E-state index in [-0.39, 0.29) is 0 Å². The van der Waals surface area contributed by atoms with Gasteiger partial charge < -0.3 is 19.6 Å². The number of aliphatic hydroxyl groups is 1. The summed E-state index contributed by atoms with van der Waals surface area (Å²) in [6, 6.07) is 4.28. The lowest BCUT2D eigenvalue weighted by atomic mass is 9.54. The Kier molecular flexibility index (Phi) is 3.40. The first kappa shape index (κ1) is 14.7. The second kappa shape index (κ2) is 5.08. The minimum atomic E-state index is -0.960. The van der Waals surface area contributed by atoms with Gasteiger partial charge in [0, 0.05) is 30.5 Å². The zero-order valence-corrected chi connectivity index (χ0v) is 13.6. The third-order valence-electron chi connectivity index (χ3n) is 6.22. The monoisotopic (exact) mass is 305 g/mol. The molecule has 4 atom stereocenters. The molecule has 2 aliphatic carbocycles. The average molecular weight is 305 g/mol. The summed E-state index contributed by atoms with van der Waals surface area (Å²) in [5, 5.41) is 14.4. The van der Waals surface area contributed by atoms with Gasteiger partial charge in [0.25, 0.3) is 0 Å². The minimum absolute atomic E-state index is 0.330. The predicted molar refractivity (Wildman–Crippen MR) is 83.6 cm³/mol. The molecule has 1 aliphatic heterocycles. The fourth-order valence-electron chi connectivity index (χ4n) is 5.13. The predicted octanol–water partition coefficient (Wildman–Crippen LogP) is 2.73. The number of ether oxygens (including phenoxy) is 1. The molecule has 4 nitrogen and oxygen atoms in total. The molecule has 3 aliphatic rings. The average Bonchev–Trinajstić information content (AvgIpc) is 3.16. The van der Waals surface area contributed by atoms with Crippen LogP contribution in [0.1, 0.15) is 50.5 Å². The van der Waals surface area contributed by atoms with Crippen LogP contribution in [-0.2, 0) is 10.3 Å². The zero-order chi connectivity index (χ0) is 15.4. The molecule has 4 unspecified atom stereocenters. The van der Waals surface area contributed by atoms with Crippen molar-refractivity contribution in [3.63, 3.8) is 0 Å². The van der Waals surface area contributed by atoms with Crippen LogP contribution < -0.4 is 5.32 Å². The van der Waals surface area contributed by atoms with Crippen molar-refractivity contribution in [3.8, 4) is 0 Å². The van der Waals surface area contributed by atoms with E-state index in [2.05, 4.69) is 5.32 Å². The number of hydrogen-bond donors (Lipinski definition) is 2. The Morgan fingerprint density at radius 2 is 2.14 bits per heavy atom. The van der Waals surface area contributed by atoms with Crippen LogP contribution in [0.25, 0.3) is 0 Å². The van der Waals surface area contributed by atoms with Crippen molar-refractivity contribution in [1.29, 1.82) is 0 Å². The maximum atomic E-state index is 10.8. The molecule has 0 aromatic carbocycles. The van der Waals surface area contributed by atoms with Gasteiger partial charge in [-0.15, -0.1) is 0 Å². The first-order chi connectivity index (χ1) is 10.5. The molecular formula is C18H27NO3. The lowest BCUT2D eigenvalue weighted by Gasteiger charge is -2.57. The number of aryl methyl sites for hydroxylation is 1. The van der Waals surface area contributed by atoms with Crippen LogP contribution in [0.5, 0.6) is 0 Å². The van der Waals surface area contributed by atoms with E-state index in [4.69, 9.17) is 9.15 Å². The normalized spacial score (nSPS) is 35.3. The van der Waals surface area contributed by atoms with Crippen LogP contribution in [0.15, 0.2) is 16.5 Å². The van der Waals surface area contributed by atoms with Crippen LogP contribution in [0.2, 0.25) is 0 Å². The van der Waals surface area contributed by atoms with Gasteiger partial charge in [-0.2, -0.15) is 0 Å². The Balaban J connectivity index is 1.46. The van der Waals surface area contributed by atoms with E-state index in [1.54, 1.807) is 0 Å². The molecule has 0 radical (unpaired) electrons. The summed E-state index contributed by atoms with van der Waals surface area (Å²) in [6.45, 7) is 5.19. The smallest absolute Gasteiger partial charge is 0.136 e. The van der Waals surface area contributed by atoms with Crippen LogP contribution in [0, 0.1) is 18.3 Å². The van der Waals surface area contributed by atoms with E-state index in [0.29, 0.717) is 35.8 Å². The molecule has 3 fully saturated rings. The number of nitrogens with one attached hydrogen (secondary N) is 1. The number of hydrogen-bond acceptors (Lipinski definition) is 4. The van der Waals surface area contributed by atoms with Gasteiger partial charge >= 0.3 is 0 Å². The first-order valence-electron chi connectivity index (χ1n) is 8.67. The molecule has 22 heavy (non-hydrogen) atoms. The molecular weight excluding hydrogens is 278 g/mol. The summed E-state index contributed by atoms with van der Waals surface area (Å²) >= 11 is 0. The molecule has 2 saturated carbocycles. The van der Waals surface area contributed by atoms with Crippen molar-refractivity contribution in [3.05, 3.63) is 23.7 Å². The maximum absolute atomic E-state index is 10.8. The van der Waals surface area contributed by atoms with Gasteiger partial charge in [-0.1, -0.05) is 12.8 Å². The molecule has 1 aromatic rings. The standard InChI is InChI=1S/C18H27NO3/c1-12-5-6-14(22-12)17(2,20)11-19-15-13-7-10-21-16(13)18(15)8-3-4-9-18/h5-6,13,15-16,19-20H,3-4,7-11H2,1-2H3. The van der Waals surface area contributed by atoms with Crippen LogP contribution in [0.4, 0.5) is 0 Å².